The molecule has 0 aromatic heterocycles. The maximum atomic E-state index is 12.4. The van der Waals surface area contributed by atoms with E-state index in [-0.39, 0.29) is 5.57 Å². The maximum Gasteiger partial charge on any atom is 0.333 e. The fourth-order valence-electron chi connectivity index (χ4n) is 0.726. The van der Waals surface area contributed by atoms with Gasteiger partial charge in [0.05, 0.1) is 6.10 Å². The van der Waals surface area contributed by atoms with E-state index in [1.165, 1.54) is 6.92 Å². The summed E-state index contributed by atoms with van der Waals surface area (Å²) in [4.78, 5) is 10.8. The molecule has 0 heterocycles. The van der Waals surface area contributed by atoms with E-state index in [1.54, 1.807) is 0 Å². The second-order valence-corrected chi connectivity index (χ2v) is 3.12. The number of halogens is 3. The van der Waals surface area contributed by atoms with Crippen LogP contribution in [0.1, 0.15) is 13.3 Å². The zero-order chi connectivity index (χ0) is 12.0. The number of aliphatic hydroxyl groups excluding tert-OH is 1. The van der Waals surface area contributed by atoms with Crippen LogP contribution in [0.3, 0.4) is 0 Å². The molecule has 0 radical (unpaired) electrons. The minimum atomic E-state index is -3.14. The second-order valence-electron chi connectivity index (χ2n) is 3.12. The number of esters is 1. The molecule has 0 spiro atoms. The number of alkyl halides is 3. The van der Waals surface area contributed by atoms with Gasteiger partial charge in [-0.3, -0.25) is 0 Å². The molecule has 2 unspecified atom stereocenters. The smallest absolute Gasteiger partial charge is 0.333 e. The minimum absolute atomic E-state index is 0.118. The van der Waals surface area contributed by atoms with Gasteiger partial charge in [-0.05, 0) is 6.92 Å². The van der Waals surface area contributed by atoms with Gasteiger partial charge in [-0.1, -0.05) is 6.58 Å². The summed E-state index contributed by atoms with van der Waals surface area (Å²) in [6.07, 6.45) is -7.75. The number of carbonyl (C=O) groups is 1. The topological polar surface area (TPSA) is 46.5 Å². The van der Waals surface area contributed by atoms with Crippen LogP contribution in [0.5, 0.6) is 0 Å². The Balaban J connectivity index is 3.80. The number of rotatable bonds is 6. The molecule has 0 aromatic carbocycles. The number of ether oxygens (including phenoxy) is 1. The second kappa shape index (κ2) is 6.44. The van der Waals surface area contributed by atoms with Crippen LogP contribution in [0.2, 0.25) is 0 Å². The zero-order valence-electron chi connectivity index (χ0n) is 8.25. The van der Waals surface area contributed by atoms with E-state index in [4.69, 9.17) is 5.11 Å². The molecule has 0 aliphatic heterocycles. The summed E-state index contributed by atoms with van der Waals surface area (Å²) in [5, 5.41) is 9.02. The number of carbonyl (C=O) groups excluding carboxylic acids is 1. The highest BCUT2D eigenvalue weighted by Crippen LogP contribution is 2.12. The first kappa shape index (κ1) is 14.0. The van der Waals surface area contributed by atoms with Crippen LogP contribution in [0.25, 0.3) is 0 Å². The summed E-state index contributed by atoms with van der Waals surface area (Å²) in [7, 11) is 0. The van der Waals surface area contributed by atoms with Gasteiger partial charge in [-0.2, -0.15) is 0 Å². The number of hydrogen-bond acceptors (Lipinski definition) is 3. The molecule has 6 heteroatoms. The quantitative estimate of drug-likeness (QED) is 0.551. The van der Waals surface area contributed by atoms with Gasteiger partial charge in [0.2, 0.25) is 0 Å². The van der Waals surface area contributed by atoms with E-state index in [0.29, 0.717) is 0 Å². The van der Waals surface area contributed by atoms with Crippen molar-refractivity contribution in [3.05, 3.63) is 12.2 Å². The Labute approximate surface area is 85.5 Å². The first-order valence-electron chi connectivity index (χ1n) is 4.27. The van der Waals surface area contributed by atoms with Crippen LogP contribution in [0.15, 0.2) is 12.2 Å². The van der Waals surface area contributed by atoms with Crippen molar-refractivity contribution >= 4 is 5.97 Å². The molecular formula is C9H13F3O3. The molecule has 0 saturated heterocycles. The highest BCUT2D eigenvalue weighted by atomic mass is 19.3. The van der Waals surface area contributed by atoms with E-state index in [0.717, 1.165) is 0 Å². The summed E-state index contributed by atoms with van der Waals surface area (Å²) in [6, 6.07) is 0. The summed E-state index contributed by atoms with van der Waals surface area (Å²) in [5.41, 5.74) is 0.118. The first-order valence-corrected chi connectivity index (χ1v) is 4.27. The van der Waals surface area contributed by atoms with Gasteiger partial charge < -0.3 is 9.84 Å². The molecule has 3 nitrogen and oxygen atoms in total. The lowest BCUT2D eigenvalue weighted by Gasteiger charge is -2.13. The Morgan fingerprint density at radius 1 is 1.47 bits per heavy atom. The molecule has 0 aliphatic carbocycles. The average Bonchev–Trinajstić information content (AvgIpc) is 2.13. The summed E-state index contributed by atoms with van der Waals surface area (Å²) in [6.45, 7) is 4.15. The summed E-state index contributed by atoms with van der Waals surface area (Å²) >= 11 is 0. The lowest BCUT2D eigenvalue weighted by molar-refractivity contribution is -0.142. The summed E-state index contributed by atoms with van der Waals surface area (Å²) in [5.74, 6) is -0.749. The van der Waals surface area contributed by atoms with Crippen LogP contribution in [-0.2, 0) is 9.53 Å². The van der Waals surface area contributed by atoms with Crippen LogP contribution in [0, 0.1) is 0 Å². The van der Waals surface area contributed by atoms with Crippen molar-refractivity contribution in [1.29, 1.82) is 0 Å². The number of aliphatic hydroxyl groups is 1. The normalized spacial score (nSPS) is 14.8. The van der Waals surface area contributed by atoms with Crippen LogP contribution in [0.4, 0.5) is 13.2 Å². The molecule has 0 bridgehead atoms. The largest absolute Gasteiger partial charge is 0.460 e. The molecule has 88 valence electrons. The third-order valence-corrected chi connectivity index (χ3v) is 1.53. The lowest BCUT2D eigenvalue weighted by Crippen LogP contribution is -2.25. The molecule has 2 atom stereocenters. The van der Waals surface area contributed by atoms with E-state index >= 15 is 0 Å². The maximum absolute atomic E-state index is 12.4. The molecule has 1 N–H and O–H groups in total. The van der Waals surface area contributed by atoms with E-state index < -0.39 is 37.7 Å². The van der Waals surface area contributed by atoms with Gasteiger partial charge in [0.1, 0.15) is 6.61 Å². The molecular weight excluding hydrogens is 213 g/mol. The third-order valence-electron chi connectivity index (χ3n) is 1.53. The van der Waals surface area contributed by atoms with Crippen LogP contribution >= 0.6 is 0 Å². The highest BCUT2D eigenvalue weighted by Gasteiger charge is 2.23. The van der Waals surface area contributed by atoms with Gasteiger partial charge >= 0.3 is 5.97 Å². The highest BCUT2D eigenvalue weighted by molar-refractivity contribution is 5.86. The third kappa shape index (κ3) is 6.11. The monoisotopic (exact) mass is 226 g/mol. The van der Waals surface area contributed by atoms with E-state index in [2.05, 4.69) is 11.3 Å². The first-order chi connectivity index (χ1) is 6.84. The van der Waals surface area contributed by atoms with Crippen molar-refractivity contribution in [3.63, 3.8) is 0 Å². The molecule has 0 aromatic rings. The number of hydrogen-bond donors (Lipinski definition) is 1. The fourth-order valence-corrected chi connectivity index (χ4v) is 0.726. The average molecular weight is 226 g/mol. The molecule has 0 saturated carbocycles. The van der Waals surface area contributed by atoms with Gasteiger partial charge in [-0.15, -0.1) is 0 Å². The van der Waals surface area contributed by atoms with Gasteiger partial charge in [-0.25, -0.2) is 18.0 Å². The Bertz CT molecular complexity index is 231. The molecule has 0 rings (SSSR count). The van der Waals surface area contributed by atoms with Crippen LogP contribution in [-0.4, -0.2) is 36.4 Å². The van der Waals surface area contributed by atoms with Crippen molar-refractivity contribution in [3.8, 4) is 0 Å². The zero-order valence-corrected chi connectivity index (χ0v) is 8.25. The summed E-state index contributed by atoms with van der Waals surface area (Å²) < 4.78 is 40.3. The predicted octanol–water partition coefficient (Wildman–Crippen LogP) is 1.46. The van der Waals surface area contributed by atoms with Gasteiger partial charge in [0.25, 0.3) is 6.43 Å². The predicted molar refractivity (Wildman–Crippen MR) is 47.3 cm³/mol. The Kier molecular flexibility index (Phi) is 6.00. The lowest BCUT2D eigenvalue weighted by atomic mass is 10.2. The van der Waals surface area contributed by atoms with Gasteiger partial charge in [0, 0.05) is 12.0 Å². The standard InChI is InChI=1S/C9H13F3O3/c1-5(2)9(14)15-4-6(13)3-7(10)8(11)12/h6-8,13H,1,3-4H2,2H3. The Hall–Kier alpha value is -1.04. The molecule has 15 heavy (non-hydrogen) atoms. The van der Waals surface area contributed by atoms with Crippen LogP contribution < -0.4 is 0 Å². The molecule has 0 fully saturated rings. The fraction of sp³-hybridized carbons (Fsp3) is 0.667. The molecule has 0 amide bonds. The van der Waals surface area contributed by atoms with Crippen molar-refractivity contribution in [2.24, 2.45) is 0 Å². The molecule has 0 aliphatic rings. The van der Waals surface area contributed by atoms with E-state index in [9.17, 15) is 18.0 Å². The minimum Gasteiger partial charge on any atom is -0.460 e. The SMILES string of the molecule is C=C(C)C(=O)OCC(O)CC(F)C(F)F. The Morgan fingerprint density at radius 3 is 2.40 bits per heavy atom. The van der Waals surface area contributed by atoms with Crippen molar-refractivity contribution in [2.75, 3.05) is 6.61 Å². The Morgan fingerprint density at radius 2 is 2.00 bits per heavy atom. The van der Waals surface area contributed by atoms with E-state index in [1.807, 2.05) is 0 Å². The van der Waals surface area contributed by atoms with Crippen molar-refractivity contribution in [2.45, 2.75) is 32.0 Å². The van der Waals surface area contributed by atoms with Gasteiger partial charge in [0.15, 0.2) is 6.17 Å². The van der Waals surface area contributed by atoms with Crippen molar-refractivity contribution < 1.29 is 27.8 Å². The van der Waals surface area contributed by atoms with Crippen molar-refractivity contribution in [1.82, 2.24) is 0 Å².